The van der Waals surface area contributed by atoms with Crippen LogP contribution in [0.3, 0.4) is 0 Å². The third kappa shape index (κ3) is 5890. The minimum atomic E-state index is -0.833. The van der Waals surface area contributed by atoms with Gasteiger partial charge in [-0.3, -0.25) is 9.59 Å². The van der Waals surface area contributed by atoms with Crippen LogP contribution in [-0.4, -0.2) is 22.8 Å². The van der Waals surface area contributed by atoms with Crippen molar-refractivity contribution in [1.29, 1.82) is 0 Å². The number of aliphatic carboxylic acids is 1. The lowest BCUT2D eigenvalue weighted by atomic mass is 10.6. The van der Waals surface area contributed by atoms with E-state index in [4.69, 9.17) is 9.90 Å². The van der Waals surface area contributed by atoms with Crippen LogP contribution in [0.1, 0.15) is 20.8 Å². The molecule has 0 aromatic rings. The highest BCUT2D eigenvalue weighted by molar-refractivity contribution is 5.84. The summed E-state index contributed by atoms with van der Waals surface area (Å²) in [4.78, 5) is 27.9. The van der Waals surface area contributed by atoms with Gasteiger partial charge in [-0.15, -0.1) is 0 Å². The molecule has 0 aliphatic heterocycles. The lowest BCUT2D eigenvalue weighted by Gasteiger charge is -1.65. The first-order chi connectivity index (χ1) is 5.73. The highest BCUT2D eigenvalue weighted by atomic mass is 16.4. The molecule has 0 radical (unpaired) electrons. The van der Waals surface area contributed by atoms with Crippen molar-refractivity contribution in [3.05, 3.63) is 12.7 Å². The predicted octanol–water partition coefficient (Wildman–Crippen LogP) is 0.344. The number of amides is 1. The van der Waals surface area contributed by atoms with E-state index >= 15 is 0 Å². The fourth-order valence-corrected chi connectivity index (χ4v) is 0. The topological polar surface area (TPSA) is 97.5 Å². The van der Waals surface area contributed by atoms with Gasteiger partial charge in [-0.25, -0.2) is 0 Å². The number of carbonyl (C=O) groups excluding carboxylic acids is 2. The van der Waals surface area contributed by atoms with Crippen molar-refractivity contribution in [2.75, 3.05) is 0 Å². The zero-order valence-electron chi connectivity index (χ0n) is 8.03. The second kappa shape index (κ2) is 13.0. The van der Waals surface area contributed by atoms with Gasteiger partial charge in [0.05, 0.1) is 0 Å². The molecule has 0 spiro atoms. The first-order valence-electron chi connectivity index (χ1n) is 3.32. The van der Waals surface area contributed by atoms with E-state index < -0.39 is 11.9 Å². The maximum absolute atomic E-state index is 9.47. The first kappa shape index (κ1) is 17.4. The van der Waals surface area contributed by atoms with Gasteiger partial charge < -0.3 is 15.6 Å². The standard InChI is InChI=1S/C3H5NO.C3H6O.C2H4O2/c1-2-3(4)5;1-3(2)4;1-2(3)4/h2H,1H2,(H2,4,5);1-2H3;1H3,(H,3,4). The van der Waals surface area contributed by atoms with Crippen LogP contribution in [0.4, 0.5) is 0 Å². The number of nitrogens with two attached hydrogens (primary N) is 1. The minimum Gasteiger partial charge on any atom is -0.481 e. The molecule has 0 atom stereocenters. The average molecular weight is 189 g/mol. The smallest absolute Gasteiger partial charge is 0.300 e. The first-order valence-corrected chi connectivity index (χ1v) is 3.32. The Kier molecular flexibility index (Phi) is 17.4. The molecule has 0 saturated heterocycles. The molecule has 0 saturated carbocycles. The number of hydrogen-bond acceptors (Lipinski definition) is 3. The highest BCUT2D eigenvalue weighted by Crippen LogP contribution is 1.50. The molecule has 0 bridgehead atoms. The summed E-state index contributed by atoms with van der Waals surface area (Å²) >= 11 is 0. The number of primary amides is 1. The monoisotopic (exact) mass is 189 g/mol. The Hall–Kier alpha value is -1.65. The Bertz CT molecular complexity index is 167. The van der Waals surface area contributed by atoms with Gasteiger partial charge in [0.2, 0.25) is 5.91 Å². The maximum Gasteiger partial charge on any atom is 0.300 e. The van der Waals surface area contributed by atoms with Crippen molar-refractivity contribution in [2.45, 2.75) is 20.8 Å². The molecule has 0 aliphatic carbocycles. The van der Waals surface area contributed by atoms with Gasteiger partial charge in [-0.05, 0) is 19.9 Å². The molecule has 13 heavy (non-hydrogen) atoms. The number of carbonyl (C=O) groups is 3. The zero-order valence-corrected chi connectivity index (χ0v) is 8.03. The van der Waals surface area contributed by atoms with Crippen molar-refractivity contribution in [2.24, 2.45) is 5.73 Å². The van der Waals surface area contributed by atoms with E-state index in [-0.39, 0.29) is 5.78 Å². The van der Waals surface area contributed by atoms with Crippen LogP contribution in [0.25, 0.3) is 0 Å². The van der Waals surface area contributed by atoms with Crippen LogP contribution >= 0.6 is 0 Å². The minimum absolute atomic E-state index is 0.167. The molecule has 5 nitrogen and oxygen atoms in total. The molecule has 0 fully saturated rings. The highest BCUT2D eigenvalue weighted by Gasteiger charge is 1.69. The predicted molar refractivity (Wildman–Crippen MR) is 49.1 cm³/mol. The fraction of sp³-hybridized carbons (Fsp3) is 0.375. The van der Waals surface area contributed by atoms with Crippen LogP contribution < -0.4 is 5.73 Å². The summed E-state index contributed by atoms with van der Waals surface area (Å²) in [5.74, 6) is -1.15. The lowest BCUT2D eigenvalue weighted by Crippen LogP contribution is -2.04. The molecular weight excluding hydrogens is 174 g/mol. The van der Waals surface area contributed by atoms with E-state index in [0.717, 1.165) is 13.0 Å². The second-order valence-electron chi connectivity index (χ2n) is 2.03. The molecule has 1 amide bonds. The summed E-state index contributed by atoms with van der Waals surface area (Å²) in [6.45, 7) is 7.22. The van der Waals surface area contributed by atoms with E-state index in [1.165, 1.54) is 13.8 Å². The Balaban J connectivity index is -0.000000117. The fourth-order valence-electron chi connectivity index (χ4n) is 0. The molecule has 0 rings (SSSR count). The summed E-state index contributed by atoms with van der Waals surface area (Å²) < 4.78 is 0. The normalized spacial score (nSPS) is 6.38. The van der Waals surface area contributed by atoms with Crippen LogP contribution in [0, 0.1) is 0 Å². The van der Waals surface area contributed by atoms with Crippen LogP contribution in [-0.2, 0) is 14.4 Å². The Morgan fingerprint density at radius 3 is 1.31 bits per heavy atom. The van der Waals surface area contributed by atoms with Gasteiger partial charge >= 0.3 is 0 Å². The van der Waals surface area contributed by atoms with E-state index in [1.807, 2.05) is 0 Å². The number of hydrogen-bond donors (Lipinski definition) is 2. The van der Waals surface area contributed by atoms with Gasteiger partial charge in [0.1, 0.15) is 5.78 Å². The van der Waals surface area contributed by atoms with E-state index in [9.17, 15) is 9.59 Å². The van der Waals surface area contributed by atoms with E-state index in [1.54, 1.807) is 0 Å². The molecule has 0 unspecified atom stereocenters. The van der Waals surface area contributed by atoms with Crippen LogP contribution in [0.2, 0.25) is 0 Å². The number of carboxylic acid groups (broad SMARTS) is 1. The summed E-state index contributed by atoms with van der Waals surface area (Å²) in [6.07, 6.45) is 1.06. The number of Topliss-reactive ketones (excluding diaryl/α,β-unsaturated/α-hetero) is 1. The van der Waals surface area contributed by atoms with Crippen LogP contribution in [0.15, 0.2) is 12.7 Å². The SMILES string of the molecule is C=CC(N)=O.CC(=O)O.CC(C)=O. The van der Waals surface area contributed by atoms with Gasteiger partial charge in [0.25, 0.3) is 5.97 Å². The van der Waals surface area contributed by atoms with Crippen molar-refractivity contribution >= 4 is 17.7 Å². The van der Waals surface area contributed by atoms with Crippen molar-refractivity contribution < 1.29 is 19.5 Å². The molecule has 0 aromatic carbocycles. The van der Waals surface area contributed by atoms with Crippen molar-refractivity contribution in [1.82, 2.24) is 0 Å². The summed E-state index contributed by atoms with van der Waals surface area (Å²) in [5, 5.41) is 7.42. The molecule has 3 N–H and O–H groups in total. The Morgan fingerprint density at radius 2 is 1.31 bits per heavy atom. The third-order valence-electron chi connectivity index (χ3n) is 0.201. The van der Waals surface area contributed by atoms with Crippen molar-refractivity contribution in [3.8, 4) is 0 Å². The maximum atomic E-state index is 9.47. The summed E-state index contributed by atoms with van der Waals surface area (Å²) in [7, 11) is 0. The third-order valence-corrected chi connectivity index (χ3v) is 0.201. The summed E-state index contributed by atoms with van der Waals surface area (Å²) in [6, 6.07) is 0. The van der Waals surface area contributed by atoms with E-state index in [2.05, 4.69) is 12.3 Å². The van der Waals surface area contributed by atoms with Gasteiger partial charge in [0.15, 0.2) is 0 Å². The second-order valence-corrected chi connectivity index (χ2v) is 2.03. The number of rotatable bonds is 1. The van der Waals surface area contributed by atoms with Gasteiger partial charge in [-0.1, -0.05) is 6.58 Å². The lowest BCUT2D eigenvalue weighted by molar-refractivity contribution is -0.134. The quantitative estimate of drug-likeness (QED) is 0.581. The largest absolute Gasteiger partial charge is 0.481 e. The molecular formula is C8H15NO4. The molecule has 0 heterocycles. The number of ketones is 1. The molecule has 0 aliphatic rings. The Morgan fingerprint density at radius 1 is 1.23 bits per heavy atom. The molecule has 0 aromatic heterocycles. The van der Waals surface area contributed by atoms with Crippen molar-refractivity contribution in [3.63, 3.8) is 0 Å². The average Bonchev–Trinajstić information content (AvgIpc) is 1.84. The Labute approximate surface area is 77.2 Å². The molecule has 76 valence electrons. The van der Waals surface area contributed by atoms with Crippen LogP contribution in [0.5, 0.6) is 0 Å². The van der Waals surface area contributed by atoms with Gasteiger partial charge in [0, 0.05) is 6.92 Å². The van der Waals surface area contributed by atoms with E-state index in [0.29, 0.717) is 0 Å². The van der Waals surface area contributed by atoms with Gasteiger partial charge in [-0.2, -0.15) is 0 Å². The summed E-state index contributed by atoms with van der Waals surface area (Å²) in [5.41, 5.74) is 4.53. The number of carboxylic acids is 1. The molecule has 5 heteroatoms. The zero-order chi connectivity index (χ0) is 11.4.